The second kappa shape index (κ2) is 8.89. The number of nitrogens with one attached hydrogen (secondary N) is 1. The smallest absolute Gasteiger partial charge is 0.226 e. The van der Waals surface area contributed by atoms with Gasteiger partial charge in [-0.2, -0.15) is 0 Å². The lowest BCUT2D eigenvalue weighted by Gasteiger charge is -2.08. The van der Waals surface area contributed by atoms with Gasteiger partial charge in [0.05, 0.1) is 24.9 Å². The Morgan fingerprint density at radius 3 is 2.43 bits per heavy atom. The Labute approximate surface area is 169 Å². The Bertz CT molecular complexity index is 949. The summed E-state index contributed by atoms with van der Waals surface area (Å²) in [6.45, 7) is 3.75. The molecule has 0 bridgehead atoms. The normalized spacial score (nSPS) is 10.8. The molecule has 6 heteroatoms. The molecule has 0 aliphatic rings. The van der Waals surface area contributed by atoms with Gasteiger partial charge in [-0.3, -0.25) is 4.79 Å². The highest BCUT2D eigenvalue weighted by Crippen LogP contribution is 2.30. The number of hydrogen-bond acceptors (Lipinski definition) is 5. The van der Waals surface area contributed by atoms with Gasteiger partial charge in [-0.1, -0.05) is 32.0 Å². The molecular weight excluding hydrogens is 372 g/mol. The minimum Gasteiger partial charge on any atom is -0.493 e. The third-order valence-corrected chi connectivity index (χ3v) is 5.18. The van der Waals surface area contributed by atoms with Gasteiger partial charge in [0.15, 0.2) is 11.5 Å². The fourth-order valence-corrected chi connectivity index (χ4v) is 3.54. The standard InChI is InChI=1S/C22H24N2O3S/c1-14(2)22(25)23-17-8-6-16(7-9-17)18-13-28-21(24-18)12-15-5-10-19(26-3)20(11-15)27-4/h5-11,13-14H,12H2,1-4H3,(H,23,25). The fraction of sp³-hybridized carbons (Fsp3) is 0.273. The summed E-state index contributed by atoms with van der Waals surface area (Å²) in [6.07, 6.45) is 0.730. The molecule has 5 nitrogen and oxygen atoms in total. The summed E-state index contributed by atoms with van der Waals surface area (Å²) in [5, 5.41) is 5.98. The highest BCUT2D eigenvalue weighted by atomic mass is 32.1. The minimum atomic E-state index is -0.0441. The van der Waals surface area contributed by atoms with Gasteiger partial charge in [0.2, 0.25) is 5.91 Å². The third kappa shape index (κ3) is 4.70. The predicted octanol–water partition coefficient (Wildman–Crippen LogP) is 5.01. The van der Waals surface area contributed by atoms with Crippen molar-refractivity contribution in [1.29, 1.82) is 0 Å². The number of anilines is 1. The average molecular weight is 397 g/mol. The molecular formula is C22H24N2O3S. The van der Waals surface area contributed by atoms with Crippen LogP contribution in [0.2, 0.25) is 0 Å². The van der Waals surface area contributed by atoms with Gasteiger partial charge in [0.1, 0.15) is 0 Å². The van der Waals surface area contributed by atoms with E-state index in [9.17, 15) is 4.79 Å². The molecule has 3 aromatic rings. The number of thiazole rings is 1. The quantitative estimate of drug-likeness (QED) is 0.610. The molecule has 0 fully saturated rings. The third-order valence-electron chi connectivity index (χ3n) is 4.33. The molecule has 0 aliphatic carbocycles. The molecule has 3 rings (SSSR count). The maximum absolute atomic E-state index is 11.8. The van der Waals surface area contributed by atoms with Crippen molar-refractivity contribution in [3.05, 3.63) is 58.4 Å². The van der Waals surface area contributed by atoms with Crippen molar-refractivity contribution in [3.63, 3.8) is 0 Å². The summed E-state index contributed by atoms with van der Waals surface area (Å²) >= 11 is 1.63. The van der Waals surface area contributed by atoms with E-state index in [1.165, 1.54) is 0 Å². The van der Waals surface area contributed by atoms with E-state index in [0.29, 0.717) is 0 Å². The van der Waals surface area contributed by atoms with Crippen LogP contribution in [0.1, 0.15) is 24.4 Å². The summed E-state index contributed by atoms with van der Waals surface area (Å²) in [7, 11) is 3.26. The van der Waals surface area contributed by atoms with Crippen molar-refractivity contribution in [2.45, 2.75) is 20.3 Å². The van der Waals surface area contributed by atoms with E-state index in [0.717, 1.165) is 45.4 Å². The first kappa shape index (κ1) is 19.9. The first-order valence-corrected chi connectivity index (χ1v) is 9.94. The second-order valence-electron chi connectivity index (χ2n) is 6.71. The largest absolute Gasteiger partial charge is 0.493 e. The first-order chi connectivity index (χ1) is 13.5. The van der Waals surface area contributed by atoms with Crippen LogP contribution in [0.15, 0.2) is 47.8 Å². The van der Waals surface area contributed by atoms with Crippen LogP contribution in [0, 0.1) is 5.92 Å². The van der Waals surface area contributed by atoms with Crippen LogP contribution >= 0.6 is 11.3 Å². The van der Waals surface area contributed by atoms with E-state index in [-0.39, 0.29) is 11.8 Å². The van der Waals surface area contributed by atoms with Crippen molar-refractivity contribution >= 4 is 22.9 Å². The fourth-order valence-electron chi connectivity index (χ4n) is 2.70. The summed E-state index contributed by atoms with van der Waals surface area (Å²) in [6, 6.07) is 13.7. The number of amides is 1. The molecule has 0 saturated carbocycles. The zero-order valence-corrected chi connectivity index (χ0v) is 17.3. The number of rotatable bonds is 7. The van der Waals surface area contributed by atoms with Gasteiger partial charge in [-0.05, 0) is 29.8 Å². The average Bonchev–Trinajstić information content (AvgIpc) is 3.16. The van der Waals surface area contributed by atoms with Gasteiger partial charge in [-0.15, -0.1) is 11.3 Å². The van der Waals surface area contributed by atoms with Crippen LogP contribution in [0.4, 0.5) is 5.69 Å². The van der Waals surface area contributed by atoms with Crippen LogP contribution in [0.5, 0.6) is 11.5 Å². The Hall–Kier alpha value is -2.86. The van der Waals surface area contributed by atoms with E-state index in [4.69, 9.17) is 14.5 Å². The molecule has 0 saturated heterocycles. The maximum Gasteiger partial charge on any atom is 0.226 e. The molecule has 1 aromatic heterocycles. The van der Waals surface area contributed by atoms with Crippen molar-refractivity contribution in [2.24, 2.45) is 5.92 Å². The topological polar surface area (TPSA) is 60.5 Å². The molecule has 1 N–H and O–H groups in total. The summed E-state index contributed by atoms with van der Waals surface area (Å²) in [5.41, 5.74) is 3.87. The highest BCUT2D eigenvalue weighted by molar-refractivity contribution is 7.10. The SMILES string of the molecule is COc1ccc(Cc2nc(-c3ccc(NC(=O)C(C)C)cc3)cs2)cc1OC. The van der Waals surface area contributed by atoms with Crippen molar-refractivity contribution in [2.75, 3.05) is 19.5 Å². The van der Waals surface area contributed by atoms with E-state index < -0.39 is 0 Å². The highest BCUT2D eigenvalue weighted by Gasteiger charge is 2.10. The molecule has 146 valence electrons. The van der Waals surface area contributed by atoms with Crippen molar-refractivity contribution in [3.8, 4) is 22.8 Å². The summed E-state index contributed by atoms with van der Waals surface area (Å²) < 4.78 is 10.7. The molecule has 0 spiro atoms. The lowest BCUT2D eigenvalue weighted by atomic mass is 10.1. The second-order valence-corrected chi connectivity index (χ2v) is 7.66. The van der Waals surface area contributed by atoms with Gasteiger partial charge < -0.3 is 14.8 Å². The van der Waals surface area contributed by atoms with Gasteiger partial charge in [-0.25, -0.2) is 4.98 Å². The maximum atomic E-state index is 11.8. The Balaban J connectivity index is 1.71. The number of nitrogens with zero attached hydrogens (tertiary/aromatic N) is 1. The van der Waals surface area contributed by atoms with Crippen LogP contribution < -0.4 is 14.8 Å². The lowest BCUT2D eigenvalue weighted by molar-refractivity contribution is -0.118. The van der Waals surface area contributed by atoms with Crippen molar-refractivity contribution < 1.29 is 14.3 Å². The van der Waals surface area contributed by atoms with Gasteiger partial charge in [0.25, 0.3) is 0 Å². The number of ether oxygens (including phenoxy) is 2. The van der Waals surface area contributed by atoms with Crippen LogP contribution in [-0.2, 0) is 11.2 Å². The summed E-state index contributed by atoms with van der Waals surface area (Å²) in [4.78, 5) is 16.5. The van der Waals surface area contributed by atoms with E-state index >= 15 is 0 Å². The Morgan fingerprint density at radius 1 is 1.07 bits per heavy atom. The number of carbonyl (C=O) groups excluding carboxylic acids is 1. The Morgan fingerprint density at radius 2 is 1.79 bits per heavy atom. The molecule has 1 amide bonds. The van der Waals surface area contributed by atoms with Crippen LogP contribution in [0.25, 0.3) is 11.3 Å². The zero-order chi connectivity index (χ0) is 20.1. The monoisotopic (exact) mass is 396 g/mol. The molecule has 2 aromatic carbocycles. The molecule has 28 heavy (non-hydrogen) atoms. The predicted molar refractivity (Wildman–Crippen MR) is 113 cm³/mol. The lowest BCUT2D eigenvalue weighted by Crippen LogP contribution is -2.17. The minimum absolute atomic E-state index is 0.0126. The number of aromatic nitrogens is 1. The van der Waals surface area contributed by atoms with E-state index in [1.807, 2.05) is 56.3 Å². The number of methoxy groups -OCH3 is 2. The Kier molecular flexibility index (Phi) is 6.31. The molecule has 0 radical (unpaired) electrons. The molecule has 1 heterocycles. The van der Waals surface area contributed by atoms with E-state index in [2.05, 4.69) is 10.7 Å². The van der Waals surface area contributed by atoms with Crippen LogP contribution in [0.3, 0.4) is 0 Å². The first-order valence-electron chi connectivity index (χ1n) is 9.06. The number of benzene rings is 2. The zero-order valence-electron chi connectivity index (χ0n) is 16.5. The number of carbonyl (C=O) groups is 1. The van der Waals surface area contributed by atoms with Gasteiger partial charge >= 0.3 is 0 Å². The molecule has 0 unspecified atom stereocenters. The van der Waals surface area contributed by atoms with E-state index in [1.54, 1.807) is 25.6 Å². The number of hydrogen-bond donors (Lipinski definition) is 1. The van der Waals surface area contributed by atoms with Gasteiger partial charge in [0, 0.05) is 29.0 Å². The molecule has 0 atom stereocenters. The summed E-state index contributed by atoms with van der Waals surface area (Å²) in [5.74, 6) is 1.41. The van der Waals surface area contributed by atoms with Crippen molar-refractivity contribution in [1.82, 2.24) is 4.98 Å². The van der Waals surface area contributed by atoms with Crippen LogP contribution in [-0.4, -0.2) is 25.1 Å². The molecule has 0 aliphatic heterocycles.